The summed E-state index contributed by atoms with van der Waals surface area (Å²) in [5, 5.41) is 9.26. The highest BCUT2D eigenvalue weighted by Crippen LogP contribution is 2.25. The summed E-state index contributed by atoms with van der Waals surface area (Å²) in [4.78, 5) is 26.2. The number of amides is 2. The number of anilines is 2. The van der Waals surface area contributed by atoms with Gasteiger partial charge in [-0.05, 0) is 96.4 Å². The summed E-state index contributed by atoms with van der Waals surface area (Å²) in [7, 11) is -3.75. The number of nitrogens with one attached hydrogen (secondary N) is 2. The van der Waals surface area contributed by atoms with E-state index in [1.54, 1.807) is 24.3 Å². The van der Waals surface area contributed by atoms with Gasteiger partial charge in [0.15, 0.2) is 0 Å². The fraction of sp³-hybridized carbons (Fsp3) is 0.0833. The molecular formula is C24H20N2O4S3. The van der Waals surface area contributed by atoms with Crippen molar-refractivity contribution in [1.29, 1.82) is 0 Å². The Morgan fingerprint density at radius 2 is 1.00 bits per heavy atom. The molecule has 0 bridgehead atoms. The van der Waals surface area contributed by atoms with E-state index >= 15 is 0 Å². The quantitative estimate of drug-likeness (QED) is 0.355. The first kappa shape index (κ1) is 22.9. The van der Waals surface area contributed by atoms with Gasteiger partial charge < -0.3 is 10.6 Å². The molecule has 2 aromatic heterocycles. The first-order valence-corrected chi connectivity index (χ1v) is 13.2. The van der Waals surface area contributed by atoms with Crippen molar-refractivity contribution < 1.29 is 18.0 Å². The number of sulfone groups is 1. The Balaban J connectivity index is 1.46. The molecule has 0 saturated carbocycles. The van der Waals surface area contributed by atoms with Crippen molar-refractivity contribution >= 4 is 55.7 Å². The third-order valence-electron chi connectivity index (χ3n) is 4.98. The number of aryl methyl sites for hydroxylation is 2. The van der Waals surface area contributed by atoms with Crippen LogP contribution in [-0.4, -0.2) is 20.2 Å². The van der Waals surface area contributed by atoms with Crippen LogP contribution in [0.5, 0.6) is 0 Å². The summed E-state index contributed by atoms with van der Waals surface area (Å²) in [6, 6.07) is 15.8. The van der Waals surface area contributed by atoms with Crippen molar-refractivity contribution in [2.75, 3.05) is 10.6 Å². The largest absolute Gasteiger partial charge is 0.321 e. The number of benzene rings is 2. The molecule has 2 amide bonds. The summed E-state index contributed by atoms with van der Waals surface area (Å²) in [6.07, 6.45) is 0. The summed E-state index contributed by atoms with van der Waals surface area (Å²) in [6.45, 7) is 3.72. The molecule has 0 saturated heterocycles. The van der Waals surface area contributed by atoms with E-state index in [0.29, 0.717) is 21.1 Å². The van der Waals surface area contributed by atoms with Gasteiger partial charge in [0.2, 0.25) is 9.84 Å². The third-order valence-corrected chi connectivity index (χ3v) is 8.80. The number of carbonyl (C=O) groups is 2. The summed E-state index contributed by atoms with van der Waals surface area (Å²) >= 11 is 2.70. The van der Waals surface area contributed by atoms with Crippen LogP contribution in [0, 0.1) is 13.8 Å². The number of hydrogen-bond donors (Lipinski definition) is 2. The van der Waals surface area contributed by atoms with Gasteiger partial charge >= 0.3 is 0 Å². The van der Waals surface area contributed by atoms with Gasteiger partial charge in [-0.2, -0.15) is 0 Å². The van der Waals surface area contributed by atoms with Gasteiger partial charge in [-0.1, -0.05) is 0 Å². The van der Waals surface area contributed by atoms with Crippen LogP contribution in [0.25, 0.3) is 0 Å². The number of hydrogen-bond acceptors (Lipinski definition) is 6. The minimum Gasteiger partial charge on any atom is -0.321 e. The lowest BCUT2D eigenvalue weighted by molar-refractivity contribution is 0.102. The maximum Gasteiger partial charge on any atom is 0.265 e. The molecule has 0 radical (unpaired) electrons. The van der Waals surface area contributed by atoms with Crippen LogP contribution in [0.3, 0.4) is 0 Å². The Morgan fingerprint density at radius 3 is 1.30 bits per heavy atom. The highest BCUT2D eigenvalue weighted by Gasteiger charge is 2.19. The van der Waals surface area contributed by atoms with Crippen molar-refractivity contribution in [3.05, 3.63) is 92.3 Å². The predicted octanol–water partition coefficient (Wildman–Crippen LogP) is 5.76. The molecule has 9 heteroatoms. The van der Waals surface area contributed by atoms with E-state index in [2.05, 4.69) is 10.6 Å². The van der Waals surface area contributed by atoms with E-state index in [1.165, 1.54) is 46.9 Å². The van der Waals surface area contributed by atoms with Crippen LogP contribution in [0.4, 0.5) is 11.4 Å². The van der Waals surface area contributed by atoms with Crippen molar-refractivity contribution in [3.63, 3.8) is 0 Å². The lowest BCUT2D eigenvalue weighted by Gasteiger charge is -2.09. The van der Waals surface area contributed by atoms with Crippen molar-refractivity contribution in [3.8, 4) is 0 Å². The van der Waals surface area contributed by atoms with E-state index in [4.69, 9.17) is 0 Å². The molecule has 2 heterocycles. The monoisotopic (exact) mass is 496 g/mol. The van der Waals surface area contributed by atoms with Crippen LogP contribution >= 0.6 is 22.7 Å². The highest BCUT2D eigenvalue weighted by molar-refractivity contribution is 7.91. The molecule has 0 aliphatic rings. The highest BCUT2D eigenvalue weighted by atomic mass is 32.2. The SMILES string of the molecule is Cc1ccsc1C(=O)Nc1ccc(S(=O)(=O)c2ccc(NC(=O)c3sccc3C)cc2)cc1. The lowest BCUT2D eigenvalue weighted by Crippen LogP contribution is -2.12. The van der Waals surface area contributed by atoms with Crippen molar-refractivity contribution in [2.45, 2.75) is 23.6 Å². The topological polar surface area (TPSA) is 92.3 Å². The van der Waals surface area contributed by atoms with Crippen LogP contribution in [-0.2, 0) is 9.84 Å². The van der Waals surface area contributed by atoms with Crippen molar-refractivity contribution in [2.24, 2.45) is 0 Å². The maximum absolute atomic E-state index is 13.0. The van der Waals surface area contributed by atoms with Gasteiger partial charge in [0.05, 0.1) is 19.5 Å². The fourth-order valence-electron chi connectivity index (χ4n) is 3.16. The van der Waals surface area contributed by atoms with Crippen LogP contribution < -0.4 is 10.6 Å². The van der Waals surface area contributed by atoms with Gasteiger partial charge in [0, 0.05) is 11.4 Å². The van der Waals surface area contributed by atoms with Crippen LogP contribution in [0.2, 0.25) is 0 Å². The zero-order chi connectivity index (χ0) is 23.6. The molecule has 0 atom stereocenters. The average molecular weight is 497 g/mol. The number of carbonyl (C=O) groups excluding carboxylic acids is 2. The minimum atomic E-state index is -3.75. The third kappa shape index (κ3) is 4.90. The van der Waals surface area contributed by atoms with Gasteiger partial charge in [-0.25, -0.2) is 8.42 Å². The summed E-state index contributed by atoms with van der Waals surface area (Å²) in [5.74, 6) is -0.457. The normalized spacial score (nSPS) is 11.2. The second-order valence-corrected chi connectivity index (χ2v) is 11.1. The Morgan fingerprint density at radius 1 is 0.636 bits per heavy atom. The van der Waals surface area contributed by atoms with Gasteiger partial charge in [-0.3, -0.25) is 9.59 Å². The molecule has 4 rings (SSSR count). The molecule has 2 N–H and O–H groups in total. The first-order chi connectivity index (χ1) is 15.8. The second kappa shape index (κ2) is 9.30. The number of rotatable bonds is 6. The Labute approximate surface area is 199 Å². The van der Waals surface area contributed by atoms with E-state index in [1.807, 2.05) is 36.7 Å². The average Bonchev–Trinajstić information content (AvgIpc) is 3.42. The molecule has 0 fully saturated rings. The Kier molecular flexibility index (Phi) is 6.46. The van der Waals surface area contributed by atoms with Gasteiger partial charge in [0.1, 0.15) is 0 Å². The van der Waals surface area contributed by atoms with Crippen LogP contribution in [0.1, 0.15) is 30.5 Å². The predicted molar refractivity (Wildman–Crippen MR) is 132 cm³/mol. The summed E-state index contributed by atoms with van der Waals surface area (Å²) < 4.78 is 26.0. The second-order valence-electron chi connectivity index (χ2n) is 7.33. The van der Waals surface area contributed by atoms with E-state index in [-0.39, 0.29) is 21.6 Å². The lowest BCUT2D eigenvalue weighted by atomic mass is 10.2. The molecule has 0 aliphatic carbocycles. The Bertz CT molecular complexity index is 1310. The first-order valence-electron chi connectivity index (χ1n) is 9.92. The molecule has 0 aliphatic heterocycles. The zero-order valence-electron chi connectivity index (χ0n) is 17.8. The van der Waals surface area contributed by atoms with Crippen molar-refractivity contribution in [1.82, 2.24) is 0 Å². The van der Waals surface area contributed by atoms with E-state index in [0.717, 1.165) is 11.1 Å². The maximum atomic E-state index is 13.0. The molecular weight excluding hydrogens is 476 g/mol. The smallest absolute Gasteiger partial charge is 0.265 e. The van der Waals surface area contributed by atoms with E-state index < -0.39 is 9.84 Å². The molecule has 33 heavy (non-hydrogen) atoms. The molecule has 168 valence electrons. The molecule has 0 spiro atoms. The molecule has 0 unspecified atom stereocenters. The van der Waals surface area contributed by atoms with Gasteiger partial charge in [0.25, 0.3) is 11.8 Å². The summed E-state index contributed by atoms with van der Waals surface area (Å²) in [5.41, 5.74) is 2.80. The zero-order valence-corrected chi connectivity index (χ0v) is 20.2. The minimum absolute atomic E-state index is 0.110. The molecule has 6 nitrogen and oxygen atoms in total. The fourth-order valence-corrected chi connectivity index (χ4v) is 6.06. The number of thiophene rings is 2. The Hall–Kier alpha value is -3.27. The standard InChI is InChI=1S/C24H20N2O4S3/c1-15-11-13-31-21(15)23(27)25-17-3-7-19(8-4-17)33(29,30)20-9-5-18(6-10-20)26-24(28)22-16(2)12-14-32-22/h3-14H,1-2H3,(H,25,27)(H,26,28). The van der Waals surface area contributed by atoms with E-state index in [9.17, 15) is 18.0 Å². The van der Waals surface area contributed by atoms with Crippen LogP contribution in [0.15, 0.2) is 81.2 Å². The molecule has 4 aromatic rings. The van der Waals surface area contributed by atoms with Gasteiger partial charge in [-0.15, -0.1) is 22.7 Å². The molecule has 2 aromatic carbocycles.